The van der Waals surface area contributed by atoms with Gasteiger partial charge in [-0.25, -0.2) is 13.1 Å². The Hall–Kier alpha value is -1.07. The van der Waals surface area contributed by atoms with Gasteiger partial charge in [0.15, 0.2) is 0 Å². The van der Waals surface area contributed by atoms with Gasteiger partial charge in [-0.15, -0.1) is 0 Å². The summed E-state index contributed by atoms with van der Waals surface area (Å²) in [4.78, 5) is 2.62. The molecule has 1 heterocycles. The number of benzene rings is 1. The Kier molecular flexibility index (Phi) is 3.69. The molecule has 0 saturated carbocycles. The molecule has 1 fully saturated rings. The van der Waals surface area contributed by atoms with Gasteiger partial charge in [0.2, 0.25) is 10.0 Å². The lowest BCUT2D eigenvalue weighted by Gasteiger charge is -2.17. The van der Waals surface area contributed by atoms with Gasteiger partial charge in [0.1, 0.15) is 0 Å². The van der Waals surface area contributed by atoms with Crippen LogP contribution < -0.4 is 9.62 Å². The van der Waals surface area contributed by atoms with Crippen LogP contribution in [0.25, 0.3) is 0 Å². The Morgan fingerprint density at radius 1 is 1.18 bits per heavy atom. The van der Waals surface area contributed by atoms with E-state index in [1.165, 1.54) is 12.8 Å². The van der Waals surface area contributed by atoms with Crippen molar-refractivity contribution < 1.29 is 8.42 Å². The fraction of sp³-hybridized carbons (Fsp3) is 0.500. The summed E-state index contributed by atoms with van der Waals surface area (Å²) in [6, 6.07) is 7.11. The van der Waals surface area contributed by atoms with E-state index in [-0.39, 0.29) is 0 Å². The lowest BCUT2D eigenvalue weighted by Crippen LogP contribution is -2.23. The highest BCUT2D eigenvalue weighted by molar-refractivity contribution is 7.89. The Bertz CT molecular complexity index is 462. The molecular formula is C12H18N2O2S. The predicted molar refractivity (Wildman–Crippen MR) is 68.8 cm³/mol. The number of anilines is 1. The second-order valence-corrected chi connectivity index (χ2v) is 5.96. The van der Waals surface area contributed by atoms with Gasteiger partial charge >= 0.3 is 0 Å². The molecule has 4 nitrogen and oxygen atoms in total. The maximum atomic E-state index is 11.7. The van der Waals surface area contributed by atoms with Gasteiger partial charge < -0.3 is 4.90 Å². The number of nitrogens with zero attached hydrogens (tertiary/aromatic N) is 1. The zero-order chi connectivity index (χ0) is 12.3. The molecule has 0 atom stereocenters. The molecule has 0 bridgehead atoms. The maximum Gasteiger partial charge on any atom is 0.240 e. The largest absolute Gasteiger partial charge is 0.372 e. The normalized spacial score (nSPS) is 16.4. The van der Waals surface area contributed by atoms with Crippen LogP contribution in [0.2, 0.25) is 0 Å². The van der Waals surface area contributed by atoms with Gasteiger partial charge in [-0.2, -0.15) is 0 Å². The van der Waals surface area contributed by atoms with Crippen LogP contribution in [0.1, 0.15) is 19.8 Å². The second-order valence-electron chi connectivity index (χ2n) is 4.19. The van der Waals surface area contributed by atoms with E-state index in [2.05, 4.69) is 9.62 Å². The van der Waals surface area contributed by atoms with E-state index < -0.39 is 10.0 Å². The van der Waals surface area contributed by atoms with Crippen LogP contribution in [-0.4, -0.2) is 28.1 Å². The van der Waals surface area contributed by atoms with Crippen LogP contribution in [0.5, 0.6) is 0 Å². The van der Waals surface area contributed by atoms with Gasteiger partial charge in [-0.05, 0) is 37.1 Å². The molecule has 0 radical (unpaired) electrons. The minimum absolute atomic E-state index is 0.335. The Morgan fingerprint density at radius 3 is 2.29 bits per heavy atom. The molecule has 0 unspecified atom stereocenters. The Balaban J connectivity index is 2.18. The van der Waals surface area contributed by atoms with E-state index in [0.29, 0.717) is 11.4 Å². The SMILES string of the molecule is CCNS(=O)(=O)c1ccc(N2CCCC2)cc1. The third kappa shape index (κ3) is 2.79. The van der Waals surface area contributed by atoms with E-state index in [0.717, 1.165) is 18.8 Å². The van der Waals surface area contributed by atoms with Gasteiger partial charge in [0.25, 0.3) is 0 Å². The molecule has 0 aliphatic carbocycles. The molecule has 0 spiro atoms. The first-order valence-electron chi connectivity index (χ1n) is 5.98. The summed E-state index contributed by atoms with van der Waals surface area (Å²) in [5.74, 6) is 0. The second kappa shape index (κ2) is 5.06. The van der Waals surface area contributed by atoms with Crippen LogP contribution in [0.15, 0.2) is 29.2 Å². The average Bonchev–Trinajstić information content (AvgIpc) is 2.82. The topological polar surface area (TPSA) is 49.4 Å². The molecule has 1 aliphatic heterocycles. The predicted octanol–water partition coefficient (Wildman–Crippen LogP) is 1.58. The van der Waals surface area contributed by atoms with Gasteiger partial charge in [-0.3, -0.25) is 0 Å². The lowest BCUT2D eigenvalue weighted by molar-refractivity contribution is 0.584. The molecule has 94 valence electrons. The molecule has 0 aromatic heterocycles. The van der Waals surface area contributed by atoms with Crippen molar-refractivity contribution in [3.05, 3.63) is 24.3 Å². The zero-order valence-corrected chi connectivity index (χ0v) is 10.8. The third-order valence-electron chi connectivity index (χ3n) is 2.95. The fourth-order valence-corrected chi connectivity index (χ4v) is 3.13. The summed E-state index contributed by atoms with van der Waals surface area (Å²) in [6.45, 7) is 4.32. The standard InChI is InChI=1S/C12H18N2O2S/c1-2-13-17(15,16)12-7-5-11(6-8-12)14-9-3-4-10-14/h5-8,13H,2-4,9-10H2,1H3. The van der Waals surface area contributed by atoms with Crippen molar-refractivity contribution >= 4 is 15.7 Å². The summed E-state index contributed by atoms with van der Waals surface area (Å²) in [5, 5.41) is 0. The van der Waals surface area contributed by atoms with Crippen LogP contribution in [0.4, 0.5) is 5.69 Å². The first kappa shape index (κ1) is 12.4. The molecular weight excluding hydrogens is 236 g/mol. The highest BCUT2D eigenvalue weighted by Gasteiger charge is 2.15. The van der Waals surface area contributed by atoms with Crippen molar-refractivity contribution in [3.8, 4) is 0 Å². The molecule has 2 rings (SSSR count). The number of rotatable bonds is 4. The lowest BCUT2D eigenvalue weighted by atomic mass is 10.3. The third-order valence-corrected chi connectivity index (χ3v) is 4.51. The highest BCUT2D eigenvalue weighted by Crippen LogP contribution is 2.21. The van der Waals surface area contributed by atoms with Crippen LogP contribution in [0.3, 0.4) is 0 Å². The fourth-order valence-electron chi connectivity index (χ4n) is 2.08. The van der Waals surface area contributed by atoms with Crippen molar-refractivity contribution in [3.63, 3.8) is 0 Å². The van der Waals surface area contributed by atoms with E-state index in [9.17, 15) is 8.42 Å². The Morgan fingerprint density at radius 2 is 1.76 bits per heavy atom. The summed E-state index contributed by atoms with van der Waals surface area (Å²) in [7, 11) is -3.32. The van der Waals surface area contributed by atoms with Crippen LogP contribution in [0, 0.1) is 0 Å². The van der Waals surface area contributed by atoms with Gasteiger partial charge in [0.05, 0.1) is 4.90 Å². The highest BCUT2D eigenvalue weighted by atomic mass is 32.2. The Labute approximate surface area is 103 Å². The number of hydrogen-bond donors (Lipinski definition) is 1. The van der Waals surface area contributed by atoms with E-state index >= 15 is 0 Å². The first-order chi connectivity index (χ1) is 8.13. The molecule has 5 heteroatoms. The van der Waals surface area contributed by atoms with Crippen molar-refractivity contribution in [2.45, 2.75) is 24.7 Å². The minimum Gasteiger partial charge on any atom is -0.372 e. The van der Waals surface area contributed by atoms with Crippen molar-refractivity contribution in [2.24, 2.45) is 0 Å². The van der Waals surface area contributed by atoms with E-state index in [1.54, 1.807) is 19.1 Å². The van der Waals surface area contributed by atoms with Crippen molar-refractivity contribution in [2.75, 3.05) is 24.5 Å². The number of hydrogen-bond acceptors (Lipinski definition) is 3. The number of sulfonamides is 1. The maximum absolute atomic E-state index is 11.7. The number of nitrogens with one attached hydrogen (secondary N) is 1. The average molecular weight is 254 g/mol. The molecule has 1 N–H and O–H groups in total. The molecule has 1 aromatic rings. The van der Waals surface area contributed by atoms with Gasteiger partial charge in [-0.1, -0.05) is 6.92 Å². The smallest absolute Gasteiger partial charge is 0.240 e. The molecule has 1 aliphatic rings. The van der Waals surface area contributed by atoms with Gasteiger partial charge in [0, 0.05) is 25.3 Å². The van der Waals surface area contributed by atoms with E-state index in [4.69, 9.17) is 0 Å². The zero-order valence-electron chi connectivity index (χ0n) is 10.0. The molecule has 0 amide bonds. The first-order valence-corrected chi connectivity index (χ1v) is 7.46. The molecule has 17 heavy (non-hydrogen) atoms. The monoisotopic (exact) mass is 254 g/mol. The van der Waals surface area contributed by atoms with Crippen molar-refractivity contribution in [1.29, 1.82) is 0 Å². The minimum atomic E-state index is -3.32. The molecule has 1 aromatic carbocycles. The molecule has 1 saturated heterocycles. The summed E-state index contributed by atoms with van der Waals surface area (Å²) >= 11 is 0. The summed E-state index contributed by atoms with van der Waals surface area (Å²) in [5.41, 5.74) is 1.11. The quantitative estimate of drug-likeness (QED) is 0.887. The van der Waals surface area contributed by atoms with Crippen LogP contribution in [-0.2, 0) is 10.0 Å². The van der Waals surface area contributed by atoms with Crippen molar-refractivity contribution in [1.82, 2.24) is 4.72 Å². The summed E-state index contributed by atoms with van der Waals surface area (Å²) < 4.78 is 26.0. The summed E-state index contributed by atoms with van der Waals surface area (Å²) in [6.07, 6.45) is 2.44. The van der Waals surface area contributed by atoms with Crippen LogP contribution >= 0.6 is 0 Å². The van der Waals surface area contributed by atoms with E-state index in [1.807, 2.05) is 12.1 Å².